The summed E-state index contributed by atoms with van der Waals surface area (Å²) in [5, 5.41) is 18.4. The molecule has 0 unspecified atom stereocenters. The Morgan fingerprint density at radius 1 is 1.04 bits per heavy atom. The molecule has 2 rings (SSSR count). The van der Waals surface area contributed by atoms with Gasteiger partial charge < -0.3 is 9.30 Å². The SMILES string of the molecule is Cc1cc(C)c(C#N)c(OCCCCn2c(C)cc(C)c(C#N)c2=O)n1. The molecule has 0 aliphatic rings. The highest BCUT2D eigenvalue weighted by Gasteiger charge is 2.11. The standard InChI is InChI=1S/C20H22N4O2/c1-13-9-15(3)23-19(17(13)11-21)26-8-6-5-7-24-16(4)10-14(2)18(12-22)20(24)25/h9-10H,5-8H2,1-4H3. The minimum absolute atomic E-state index is 0.199. The molecule has 0 N–H and O–H groups in total. The predicted molar refractivity (Wildman–Crippen MR) is 98.0 cm³/mol. The molecule has 26 heavy (non-hydrogen) atoms. The number of aromatic nitrogens is 2. The number of nitrogens with zero attached hydrogens (tertiary/aromatic N) is 4. The zero-order valence-electron chi connectivity index (χ0n) is 15.6. The van der Waals surface area contributed by atoms with Crippen molar-refractivity contribution in [1.29, 1.82) is 10.5 Å². The van der Waals surface area contributed by atoms with E-state index in [9.17, 15) is 10.1 Å². The molecule has 0 atom stereocenters. The number of nitriles is 2. The molecule has 0 bridgehead atoms. The molecule has 2 heterocycles. The van der Waals surface area contributed by atoms with Crippen molar-refractivity contribution in [2.75, 3.05) is 6.61 Å². The third-order valence-electron chi connectivity index (χ3n) is 4.25. The lowest BCUT2D eigenvalue weighted by Crippen LogP contribution is -2.26. The smallest absolute Gasteiger partial charge is 0.268 e. The van der Waals surface area contributed by atoms with Crippen LogP contribution in [0.15, 0.2) is 16.9 Å². The molecule has 0 amide bonds. The highest BCUT2D eigenvalue weighted by Crippen LogP contribution is 2.20. The van der Waals surface area contributed by atoms with Gasteiger partial charge in [-0.05, 0) is 63.8 Å². The van der Waals surface area contributed by atoms with Crippen molar-refractivity contribution in [2.45, 2.75) is 47.1 Å². The number of aryl methyl sites for hydroxylation is 4. The Kier molecular flexibility index (Phi) is 6.14. The summed E-state index contributed by atoms with van der Waals surface area (Å²) in [7, 11) is 0. The fraction of sp³-hybridized carbons (Fsp3) is 0.400. The molecule has 0 radical (unpaired) electrons. The number of rotatable bonds is 6. The van der Waals surface area contributed by atoms with Gasteiger partial charge in [0.05, 0.1) is 6.61 Å². The molecular formula is C20H22N4O2. The van der Waals surface area contributed by atoms with Crippen LogP contribution in [0.5, 0.6) is 5.88 Å². The average molecular weight is 350 g/mol. The van der Waals surface area contributed by atoms with Crippen molar-refractivity contribution in [1.82, 2.24) is 9.55 Å². The van der Waals surface area contributed by atoms with E-state index in [1.165, 1.54) is 0 Å². The first-order chi connectivity index (χ1) is 12.4. The highest BCUT2D eigenvalue weighted by atomic mass is 16.5. The Labute approximate surface area is 153 Å². The van der Waals surface area contributed by atoms with Gasteiger partial charge in [-0.25, -0.2) is 4.98 Å². The minimum atomic E-state index is -0.242. The summed E-state index contributed by atoms with van der Waals surface area (Å²) in [5.41, 5.74) is 3.62. The summed E-state index contributed by atoms with van der Waals surface area (Å²) in [6.07, 6.45) is 1.43. The van der Waals surface area contributed by atoms with Crippen molar-refractivity contribution in [3.05, 3.63) is 56.1 Å². The van der Waals surface area contributed by atoms with E-state index in [0.717, 1.165) is 23.4 Å². The molecule has 0 aliphatic heterocycles. The highest BCUT2D eigenvalue weighted by molar-refractivity contribution is 5.45. The maximum Gasteiger partial charge on any atom is 0.268 e. The Bertz CT molecular complexity index is 962. The number of pyridine rings is 2. The summed E-state index contributed by atoms with van der Waals surface area (Å²) in [6.45, 7) is 8.29. The van der Waals surface area contributed by atoms with Crippen LogP contribution in [-0.2, 0) is 6.54 Å². The van der Waals surface area contributed by atoms with Crippen LogP contribution in [0.2, 0.25) is 0 Å². The molecule has 6 nitrogen and oxygen atoms in total. The molecule has 0 aliphatic carbocycles. The largest absolute Gasteiger partial charge is 0.477 e. The van der Waals surface area contributed by atoms with Gasteiger partial charge in [-0.1, -0.05) is 0 Å². The van der Waals surface area contributed by atoms with Gasteiger partial charge in [0.15, 0.2) is 0 Å². The van der Waals surface area contributed by atoms with Crippen molar-refractivity contribution < 1.29 is 4.74 Å². The summed E-state index contributed by atoms with van der Waals surface area (Å²) in [4.78, 5) is 16.6. The Balaban J connectivity index is 1.99. The third kappa shape index (κ3) is 4.10. The van der Waals surface area contributed by atoms with Crippen molar-refractivity contribution >= 4 is 0 Å². The maximum absolute atomic E-state index is 12.3. The summed E-state index contributed by atoms with van der Waals surface area (Å²) in [6, 6.07) is 7.82. The van der Waals surface area contributed by atoms with E-state index in [2.05, 4.69) is 11.1 Å². The fourth-order valence-corrected chi connectivity index (χ4v) is 2.92. The molecule has 2 aromatic rings. The number of hydrogen-bond acceptors (Lipinski definition) is 5. The average Bonchev–Trinajstić information content (AvgIpc) is 2.57. The molecule has 6 heteroatoms. The monoisotopic (exact) mass is 350 g/mol. The van der Waals surface area contributed by atoms with Crippen molar-refractivity contribution in [2.24, 2.45) is 0 Å². The van der Waals surface area contributed by atoms with Gasteiger partial charge >= 0.3 is 0 Å². The number of ether oxygens (including phenoxy) is 1. The second-order valence-electron chi connectivity index (χ2n) is 6.34. The molecule has 2 aromatic heterocycles. The lowest BCUT2D eigenvalue weighted by atomic mass is 10.1. The Hall–Kier alpha value is -3.12. The van der Waals surface area contributed by atoms with E-state index in [1.54, 1.807) is 11.5 Å². The van der Waals surface area contributed by atoms with Gasteiger partial charge in [-0.2, -0.15) is 10.5 Å². The zero-order chi connectivity index (χ0) is 19.3. The normalized spacial score (nSPS) is 10.2. The van der Waals surface area contributed by atoms with E-state index in [4.69, 9.17) is 10.00 Å². The predicted octanol–water partition coefficient (Wildman–Crippen LogP) is 3.08. The number of unbranched alkanes of at least 4 members (excludes halogenated alkanes) is 1. The van der Waals surface area contributed by atoms with Crippen molar-refractivity contribution in [3.63, 3.8) is 0 Å². The zero-order valence-corrected chi connectivity index (χ0v) is 15.6. The van der Waals surface area contributed by atoms with Crippen LogP contribution in [0.4, 0.5) is 0 Å². The third-order valence-corrected chi connectivity index (χ3v) is 4.25. The van der Waals surface area contributed by atoms with Crippen molar-refractivity contribution in [3.8, 4) is 18.0 Å². The topological polar surface area (TPSA) is 91.7 Å². The van der Waals surface area contributed by atoms with E-state index >= 15 is 0 Å². The van der Waals surface area contributed by atoms with Crippen LogP contribution >= 0.6 is 0 Å². The molecule has 0 saturated heterocycles. The fourth-order valence-electron chi connectivity index (χ4n) is 2.92. The number of hydrogen-bond donors (Lipinski definition) is 0. The lowest BCUT2D eigenvalue weighted by Gasteiger charge is -2.12. The lowest BCUT2D eigenvalue weighted by molar-refractivity contribution is 0.290. The van der Waals surface area contributed by atoms with E-state index in [-0.39, 0.29) is 11.1 Å². The Morgan fingerprint density at radius 2 is 1.69 bits per heavy atom. The van der Waals surface area contributed by atoms with Crippen LogP contribution in [0.1, 0.15) is 46.5 Å². The molecule has 0 fully saturated rings. The second kappa shape index (κ2) is 8.31. The molecule has 0 aromatic carbocycles. The quantitative estimate of drug-likeness (QED) is 0.747. The van der Waals surface area contributed by atoms with Gasteiger partial charge in [-0.3, -0.25) is 4.79 Å². The molecule has 0 spiro atoms. The van der Waals surface area contributed by atoms with Gasteiger partial charge in [0.25, 0.3) is 5.56 Å². The Morgan fingerprint density at radius 3 is 2.35 bits per heavy atom. The minimum Gasteiger partial charge on any atom is -0.477 e. The first-order valence-corrected chi connectivity index (χ1v) is 8.51. The summed E-state index contributed by atoms with van der Waals surface area (Å²) < 4.78 is 7.31. The van der Waals surface area contributed by atoms with E-state index < -0.39 is 0 Å². The molecule has 0 saturated carbocycles. The molecule has 134 valence electrons. The molecular weight excluding hydrogens is 328 g/mol. The van der Waals surface area contributed by atoms with Crippen LogP contribution < -0.4 is 10.3 Å². The van der Waals surface area contributed by atoms with Gasteiger partial charge in [0.1, 0.15) is 23.3 Å². The van der Waals surface area contributed by atoms with Crippen LogP contribution in [0, 0.1) is 50.4 Å². The summed E-state index contributed by atoms with van der Waals surface area (Å²) in [5.74, 6) is 0.362. The first kappa shape index (κ1) is 19.2. The summed E-state index contributed by atoms with van der Waals surface area (Å²) >= 11 is 0. The van der Waals surface area contributed by atoms with Crippen LogP contribution in [0.3, 0.4) is 0 Å². The van der Waals surface area contributed by atoms with Gasteiger partial charge in [-0.15, -0.1) is 0 Å². The second-order valence-corrected chi connectivity index (χ2v) is 6.34. The van der Waals surface area contributed by atoms with E-state index in [1.807, 2.05) is 39.0 Å². The van der Waals surface area contributed by atoms with Gasteiger partial charge in [0, 0.05) is 17.9 Å². The maximum atomic E-state index is 12.3. The van der Waals surface area contributed by atoms with Crippen LogP contribution in [-0.4, -0.2) is 16.2 Å². The van der Waals surface area contributed by atoms with Gasteiger partial charge in [0.2, 0.25) is 5.88 Å². The first-order valence-electron chi connectivity index (χ1n) is 8.51. The van der Waals surface area contributed by atoms with Crippen LogP contribution in [0.25, 0.3) is 0 Å². The van der Waals surface area contributed by atoms with E-state index in [0.29, 0.717) is 36.6 Å².